The third-order valence-electron chi connectivity index (χ3n) is 11.3. The van der Waals surface area contributed by atoms with Crippen LogP contribution in [0.4, 0.5) is 0 Å². The maximum Gasteiger partial charge on any atom is 0.136 e. The number of aryl methyl sites for hydroxylation is 4. The van der Waals surface area contributed by atoms with Gasteiger partial charge in [0, 0.05) is 10.8 Å². The van der Waals surface area contributed by atoms with E-state index in [0.717, 1.165) is 60.5 Å². The lowest BCUT2D eigenvalue weighted by atomic mass is 9.86. The van der Waals surface area contributed by atoms with Crippen LogP contribution >= 0.6 is 0 Å². The SMILES string of the molecule is [2H]c1c([2H])c([2H])c2c([2H])c(Cc3c4c([2H])c([2H])c([2H])c([2H])c4c(CCc4cccc5cccc(CCc6cccc7oc8cccc(-c9ccccc9)c8c67)c45)c4c([2H])c([2H])c([2H])c([2H])c34)c([2H])c([2H])c2c1[2H]. The fourth-order valence-electron chi connectivity index (χ4n) is 8.74. The van der Waals surface area contributed by atoms with Crippen molar-refractivity contribution in [2.24, 2.45) is 0 Å². The van der Waals surface area contributed by atoms with Crippen LogP contribution in [-0.2, 0) is 32.1 Å². The first-order chi connectivity index (χ1) is 35.0. The molecule has 0 radical (unpaired) electrons. The summed E-state index contributed by atoms with van der Waals surface area (Å²) in [5.74, 6) is 0. The van der Waals surface area contributed by atoms with Crippen LogP contribution in [0.25, 0.3) is 76.2 Å². The molecule has 0 aliphatic rings. The van der Waals surface area contributed by atoms with Gasteiger partial charge in [-0.2, -0.15) is 0 Å². The molecule has 0 aliphatic carbocycles. The average molecular weight is 758 g/mol. The van der Waals surface area contributed by atoms with Gasteiger partial charge in [0.1, 0.15) is 11.2 Å². The van der Waals surface area contributed by atoms with E-state index in [1.807, 2.05) is 72.8 Å². The molecule has 0 atom stereocenters. The summed E-state index contributed by atoms with van der Waals surface area (Å²) >= 11 is 0. The molecule has 0 amide bonds. The third-order valence-corrected chi connectivity index (χ3v) is 11.3. The first-order valence-electron chi connectivity index (χ1n) is 26.9. The minimum atomic E-state index is -0.644. The molecule has 0 unspecified atom stereocenters. The van der Waals surface area contributed by atoms with Gasteiger partial charge in [-0.1, -0.05) is 182 Å². The number of hydrogen-bond acceptors (Lipinski definition) is 1. The normalized spacial score (nSPS) is 15.4. The number of fused-ring (bicyclic) bond motifs is 7. The lowest BCUT2D eigenvalue weighted by Gasteiger charge is -2.18. The topological polar surface area (TPSA) is 13.1 Å². The summed E-state index contributed by atoms with van der Waals surface area (Å²) in [5, 5.41) is 3.33. The van der Waals surface area contributed by atoms with Gasteiger partial charge in [-0.25, -0.2) is 0 Å². The van der Waals surface area contributed by atoms with E-state index >= 15 is 0 Å². The quantitative estimate of drug-likeness (QED) is 0.134. The molecule has 10 aromatic carbocycles. The molecule has 0 spiro atoms. The first-order valence-corrected chi connectivity index (χ1v) is 19.4. The minimum absolute atomic E-state index is 0.0150. The molecule has 0 bridgehead atoms. The van der Waals surface area contributed by atoms with E-state index in [0.29, 0.717) is 19.3 Å². The highest BCUT2D eigenvalue weighted by atomic mass is 16.3. The van der Waals surface area contributed by atoms with Crippen LogP contribution in [0.1, 0.15) is 53.9 Å². The number of furan rings is 1. The van der Waals surface area contributed by atoms with Gasteiger partial charge < -0.3 is 4.42 Å². The molecule has 276 valence electrons. The predicted octanol–water partition coefficient (Wildman–Crippen LogP) is 15.0. The maximum absolute atomic E-state index is 9.43. The summed E-state index contributed by atoms with van der Waals surface area (Å²) in [5.41, 5.74) is 6.90. The fourth-order valence-corrected chi connectivity index (χ4v) is 8.74. The minimum Gasteiger partial charge on any atom is -0.456 e. The van der Waals surface area contributed by atoms with Crippen molar-refractivity contribution in [2.75, 3.05) is 0 Å². The van der Waals surface area contributed by atoms with E-state index in [1.54, 1.807) is 0 Å². The van der Waals surface area contributed by atoms with E-state index in [1.165, 1.54) is 0 Å². The van der Waals surface area contributed by atoms with Gasteiger partial charge in [-0.15, -0.1) is 0 Å². The summed E-state index contributed by atoms with van der Waals surface area (Å²) < 4.78 is 141. The zero-order valence-corrected chi connectivity index (χ0v) is 31.3. The number of hydrogen-bond donors (Lipinski definition) is 0. The molecule has 0 saturated heterocycles. The second-order valence-corrected chi connectivity index (χ2v) is 14.6. The van der Waals surface area contributed by atoms with Crippen molar-refractivity contribution in [3.8, 4) is 11.1 Å². The zero-order valence-electron chi connectivity index (χ0n) is 46.3. The van der Waals surface area contributed by atoms with Crippen LogP contribution in [0.2, 0.25) is 0 Å². The van der Waals surface area contributed by atoms with Gasteiger partial charge in [0.2, 0.25) is 0 Å². The van der Waals surface area contributed by atoms with Crippen LogP contribution in [0, 0.1) is 0 Å². The van der Waals surface area contributed by atoms with E-state index in [-0.39, 0.29) is 55.4 Å². The Morgan fingerprint density at radius 1 is 0.397 bits per heavy atom. The molecule has 1 nitrogen and oxygen atoms in total. The highest BCUT2D eigenvalue weighted by Gasteiger charge is 2.18. The molecule has 1 heteroatoms. The third kappa shape index (κ3) is 6.03. The molecule has 0 fully saturated rings. The number of benzene rings is 10. The van der Waals surface area contributed by atoms with Crippen molar-refractivity contribution in [3.05, 3.63) is 227 Å². The second kappa shape index (κ2) is 14.5. The Bertz CT molecular complexity index is 4100. The van der Waals surface area contributed by atoms with Crippen LogP contribution in [-0.4, -0.2) is 0 Å². The Morgan fingerprint density at radius 3 is 1.64 bits per heavy atom. The van der Waals surface area contributed by atoms with Crippen molar-refractivity contribution in [3.63, 3.8) is 0 Å². The molecule has 1 aromatic heterocycles. The van der Waals surface area contributed by atoms with Crippen molar-refractivity contribution in [2.45, 2.75) is 32.1 Å². The second-order valence-electron chi connectivity index (χ2n) is 14.6. The van der Waals surface area contributed by atoms with Gasteiger partial charge in [0.25, 0.3) is 0 Å². The first kappa shape index (κ1) is 22.1. The zero-order chi connectivity index (χ0) is 51.5. The molecular weight excluding hydrogens is 701 g/mol. The van der Waals surface area contributed by atoms with E-state index in [9.17, 15) is 6.85 Å². The van der Waals surface area contributed by atoms with Crippen molar-refractivity contribution in [1.82, 2.24) is 0 Å². The lowest BCUT2D eigenvalue weighted by molar-refractivity contribution is 0.668. The van der Waals surface area contributed by atoms with E-state index in [2.05, 4.69) is 30.3 Å². The van der Waals surface area contributed by atoms with Gasteiger partial charge in [0.15, 0.2) is 0 Å². The summed E-state index contributed by atoms with van der Waals surface area (Å²) in [6.07, 6.45) is 1.15. The van der Waals surface area contributed by atoms with Crippen molar-refractivity contribution >= 4 is 65.0 Å². The largest absolute Gasteiger partial charge is 0.456 e. The van der Waals surface area contributed by atoms with Crippen LogP contribution in [0.15, 0.2) is 198 Å². The summed E-state index contributed by atoms with van der Waals surface area (Å²) in [4.78, 5) is 0. The highest BCUT2D eigenvalue weighted by molar-refractivity contribution is 6.14. The Morgan fingerprint density at radius 2 is 0.948 bits per heavy atom. The Labute approximate surface area is 359 Å². The molecule has 11 rings (SSSR count). The van der Waals surface area contributed by atoms with Gasteiger partial charge in [-0.3, -0.25) is 0 Å². The molecule has 11 aromatic rings. The van der Waals surface area contributed by atoms with E-state index < -0.39 is 97.1 Å². The summed E-state index contributed by atoms with van der Waals surface area (Å²) in [7, 11) is 0. The maximum atomic E-state index is 9.43. The summed E-state index contributed by atoms with van der Waals surface area (Å²) in [6.45, 7) is 0. The van der Waals surface area contributed by atoms with Gasteiger partial charge >= 0.3 is 0 Å². The van der Waals surface area contributed by atoms with Crippen molar-refractivity contribution in [1.29, 1.82) is 0 Å². The predicted molar refractivity (Wildman–Crippen MR) is 246 cm³/mol. The van der Waals surface area contributed by atoms with Gasteiger partial charge in [-0.05, 0) is 132 Å². The standard InChI is InChI=1S/C57H42O/c1-2-15-40(16-3-1)46-27-13-29-54-57(46)56-44(22-12-28-53(56)58-54)33-32-42-20-10-18-41-19-11-21-43(55(41)42)34-35-51-47-23-6-8-25-49(47)52(50-26-9-7-24-48(50)51)37-38-30-31-39-14-4-5-17-45(39)36-38/h1-31,36H,32-35,37H2/i4D,5D,6D,7D,8D,9D,14D,17D,23D,24D,25D,26D,30D,31D,36D. The molecule has 0 aliphatic heterocycles. The van der Waals surface area contributed by atoms with Crippen molar-refractivity contribution < 1.29 is 25.0 Å². The molecule has 0 saturated carbocycles. The molecular formula is C57H42O. The summed E-state index contributed by atoms with van der Waals surface area (Å²) in [6, 6.07) is 26.3. The Balaban J connectivity index is 1.07. The monoisotopic (exact) mass is 757 g/mol. The van der Waals surface area contributed by atoms with Crippen LogP contribution < -0.4 is 0 Å². The Hall–Kier alpha value is -6.96. The Kier molecular flexibility index (Phi) is 5.53. The molecule has 0 N–H and O–H groups in total. The van der Waals surface area contributed by atoms with Crippen LogP contribution in [0.5, 0.6) is 0 Å². The van der Waals surface area contributed by atoms with E-state index in [4.69, 9.17) is 18.1 Å². The lowest BCUT2D eigenvalue weighted by Crippen LogP contribution is -2.01. The van der Waals surface area contributed by atoms with Gasteiger partial charge in [0.05, 0.1) is 20.6 Å². The number of rotatable bonds is 9. The van der Waals surface area contributed by atoms with Crippen LogP contribution in [0.3, 0.4) is 0 Å². The molecule has 58 heavy (non-hydrogen) atoms. The average Bonchev–Trinajstić information content (AvgIpc) is 3.80. The molecule has 1 heterocycles. The fraction of sp³-hybridized carbons (Fsp3) is 0.0877. The highest BCUT2D eigenvalue weighted by Crippen LogP contribution is 2.40. The smallest absolute Gasteiger partial charge is 0.136 e.